The summed E-state index contributed by atoms with van der Waals surface area (Å²) >= 11 is 1.27. The molecule has 2 aromatic carbocycles. The second-order valence-electron chi connectivity index (χ2n) is 7.65. The number of nitrogens with two attached hydrogens (primary N) is 1. The van der Waals surface area contributed by atoms with Gasteiger partial charge in [-0.3, -0.25) is 14.5 Å². The highest BCUT2D eigenvalue weighted by molar-refractivity contribution is 7.17. The van der Waals surface area contributed by atoms with Gasteiger partial charge in [0.2, 0.25) is 11.8 Å². The molecule has 0 saturated heterocycles. The van der Waals surface area contributed by atoms with Crippen LogP contribution < -0.4 is 11.1 Å². The minimum atomic E-state index is -1.00. The van der Waals surface area contributed by atoms with Gasteiger partial charge in [-0.1, -0.05) is 42.5 Å². The molecule has 9 heteroatoms. The van der Waals surface area contributed by atoms with Gasteiger partial charge in [0.1, 0.15) is 22.4 Å². The molecule has 1 unspecified atom stereocenters. The van der Waals surface area contributed by atoms with Crippen LogP contribution in [0.2, 0.25) is 0 Å². The predicted molar refractivity (Wildman–Crippen MR) is 130 cm³/mol. The Morgan fingerprint density at radius 1 is 1.15 bits per heavy atom. The SMILES string of the molecule is CCOC(=O)c1c(NC(=O)CN(C)C(C(N)=O)c2cccc(F)c2)sc(C)c1-c1ccccc1. The maximum Gasteiger partial charge on any atom is 0.341 e. The largest absolute Gasteiger partial charge is 0.462 e. The number of thiophene rings is 1. The first-order chi connectivity index (χ1) is 16.2. The summed E-state index contributed by atoms with van der Waals surface area (Å²) in [5.41, 5.74) is 7.69. The fourth-order valence-electron chi connectivity index (χ4n) is 3.78. The molecule has 0 fully saturated rings. The number of halogens is 1. The molecule has 0 spiro atoms. The number of hydrogen-bond donors (Lipinski definition) is 2. The highest BCUT2D eigenvalue weighted by Gasteiger charge is 2.28. The normalized spacial score (nSPS) is 11.8. The molecule has 34 heavy (non-hydrogen) atoms. The third-order valence-corrected chi connectivity index (χ3v) is 6.17. The van der Waals surface area contributed by atoms with Crippen LogP contribution >= 0.6 is 11.3 Å². The number of esters is 1. The van der Waals surface area contributed by atoms with Crippen molar-refractivity contribution >= 4 is 34.1 Å². The smallest absolute Gasteiger partial charge is 0.341 e. The van der Waals surface area contributed by atoms with E-state index in [-0.39, 0.29) is 18.7 Å². The predicted octanol–water partition coefficient (Wildman–Crippen LogP) is 4.14. The van der Waals surface area contributed by atoms with E-state index >= 15 is 0 Å². The van der Waals surface area contributed by atoms with Crippen LogP contribution in [0, 0.1) is 12.7 Å². The third kappa shape index (κ3) is 5.67. The number of rotatable bonds is 9. The summed E-state index contributed by atoms with van der Waals surface area (Å²) in [5, 5.41) is 3.14. The van der Waals surface area contributed by atoms with Crippen molar-refractivity contribution in [2.45, 2.75) is 19.9 Å². The Kier molecular flexibility index (Phi) is 8.14. The number of primary amides is 1. The average molecular weight is 484 g/mol. The zero-order valence-electron chi connectivity index (χ0n) is 19.1. The zero-order valence-corrected chi connectivity index (χ0v) is 19.9. The van der Waals surface area contributed by atoms with Crippen LogP contribution in [0.3, 0.4) is 0 Å². The van der Waals surface area contributed by atoms with Gasteiger partial charge in [0.25, 0.3) is 0 Å². The molecule has 0 radical (unpaired) electrons. The number of carbonyl (C=O) groups is 3. The molecule has 3 rings (SSSR count). The van der Waals surface area contributed by atoms with Crippen molar-refractivity contribution in [1.82, 2.24) is 4.90 Å². The third-order valence-electron chi connectivity index (χ3n) is 5.15. The molecule has 3 aromatic rings. The van der Waals surface area contributed by atoms with Crippen molar-refractivity contribution in [1.29, 1.82) is 0 Å². The number of hydrogen-bond acceptors (Lipinski definition) is 6. The molecule has 7 nitrogen and oxygen atoms in total. The second-order valence-corrected chi connectivity index (χ2v) is 8.87. The second kappa shape index (κ2) is 11.0. The van der Waals surface area contributed by atoms with Gasteiger partial charge in [-0.2, -0.15) is 0 Å². The molecule has 3 N–H and O–H groups in total. The number of benzene rings is 2. The van der Waals surface area contributed by atoms with Crippen LogP contribution in [0.1, 0.15) is 33.8 Å². The van der Waals surface area contributed by atoms with Crippen LogP contribution in [-0.4, -0.2) is 42.9 Å². The number of nitrogens with one attached hydrogen (secondary N) is 1. The van der Waals surface area contributed by atoms with E-state index in [1.807, 2.05) is 37.3 Å². The average Bonchev–Trinajstić information content (AvgIpc) is 3.09. The topological polar surface area (TPSA) is 102 Å². The summed E-state index contributed by atoms with van der Waals surface area (Å²) in [7, 11) is 1.54. The fourth-order valence-corrected chi connectivity index (χ4v) is 4.86. The summed E-state index contributed by atoms with van der Waals surface area (Å²) in [5.74, 6) is -2.23. The maximum absolute atomic E-state index is 13.7. The Morgan fingerprint density at radius 3 is 2.47 bits per heavy atom. The highest BCUT2D eigenvalue weighted by Crippen LogP contribution is 2.40. The van der Waals surface area contributed by atoms with Gasteiger partial charge in [0.05, 0.1) is 13.2 Å². The Hall–Kier alpha value is -3.56. The van der Waals surface area contributed by atoms with Crippen LogP contribution in [0.5, 0.6) is 0 Å². The lowest BCUT2D eigenvalue weighted by Gasteiger charge is -2.25. The molecule has 0 aliphatic heterocycles. The molecular formula is C25H26FN3O4S. The van der Waals surface area contributed by atoms with Crippen molar-refractivity contribution in [2.75, 3.05) is 25.5 Å². The summed E-state index contributed by atoms with van der Waals surface area (Å²) in [6.07, 6.45) is 0. The maximum atomic E-state index is 13.7. The lowest BCUT2D eigenvalue weighted by atomic mass is 10.0. The van der Waals surface area contributed by atoms with Crippen LogP contribution in [0.15, 0.2) is 54.6 Å². The highest BCUT2D eigenvalue weighted by atomic mass is 32.1. The van der Waals surface area contributed by atoms with Crippen molar-refractivity contribution in [3.05, 3.63) is 76.4 Å². The Morgan fingerprint density at radius 2 is 1.85 bits per heavy atom. The van der Waals surface area contributed by atoms with E-state index in [0.717, 1.165) is 10.4 Å². The number of carbonyl (C=O) groups excluding carboxylic acids is 3. The standard InChI is InChI=1S/C25H26FN3O4S/c1-4-33-25(32)21-20(16-9-6-5-7-10-16)15(2)34-24(21)28-19(30)14-29(3)22(23(27)31)17-11-8-12-18(26)13-17/h5-13,22H,4,14H2,1-3H3,(H2,27,31)(H,28,30). The van der Waals surface area contributed by atoms with Crippen molar-refractivity contribution in [3.8, 4) is 11.1 Å². The first-order valence-corrected chi connectivity index (χ1v) is 11.4. The molecule has 0 aliphatic rings. The number of likely N-dealkylation sites (N-methyl/N-ethyl adjacent to an activating group) is 1. The van der Waals surface area contributed by atoms with E-state index in [1.54, 1.807) is 20.0 Å². The molecule has 1 heterocycles. The van der Waals surface area contributed by atoms with Crippen molar-refractivity contribution in [2.24, 2.45) is 5.73 Å². The molecule has 178 valence electrons. The summed E-state index contributed by atoms with van der Waals surface area (Å²) in [6, 6.07) is 13.9. The first kappa shape index (κ1) is 25.1. The number of anilines is 1. The number of amides is 2. The van der Waals surface area contributed by atoms with E-state index in [4.69, 9.17) is 10.5 Å². The summed E-state index contributed by atoms with van der Waals surface area (Å²) < 4.78 is 18.9. The number of ether oxygens (including phenoxy) is 1. The first-order valence-electron chi connectivity index (χ1n) is 10.6. The van der Waals surface area contributed by atoms with Crippen LogP contribution in [-0.2, 0) is 14.3 Å². The van der Waals surface area contributed by atoms with Gasteiger partial charge in [-0.25, -0.2) is 9.18 Å². The van der Waals surface area contributed by atoms with E-state index in [0.29, 0.717) is 16.1 Å². The summed E-state index contributed by atoms with van der Waals surface area (Å²) in [6.45, 7) is 3.55. The molecule has 1 atom stereocenters. The van der Waals surface area contributed by atoms with E-state index in [1.165, 1.54) is 34.4 Å². The number of aryl methyl sites for hydroxylation is 1. The molecule has 0 bridgehead atoms. The lowest BCUT2D eigenvalue weighted by molar-refractivity contribution is -0.124. The Balaban J connectivity index is 1.88. The Labute approximate surface area is 201 Å². The Bertz CT molecular complexity index is 1200. The van der Waals surface area contributed by atoms with Gasteiger partial charge >= 0.3 is 5.97 Å². The van der Waals surface area contributed by atoms with Gasteiger partial charge < -0.3 is 15.8 Å². The van der Waals surface area contributed by atoms with Crippen molar-refractivity contribution in [3.63, 3.8) is 0 Å². The van der Waals surface area contributed by atoms with Gasteiger partial charge in [-0.05, 0) is 44.2 Å². The quantitative estimate of drug-likeness (QED) is 0.446. The van der Waals surface area contributed by atoms with E-state index < -0.39 is 29.6 Å². The van der Waals surface area contributed by atoms with Crippen LogP contribution in [0.4, 0.5) is 9.39 Å². The monoisotopic (exact) mass is 483 g/mol. The van der Waals surface area contributed by atoms with Gasteiger partial charge in [0, 0.05) is 10.4 Å². The fraction of sp³-hybridized carbons (Fsp3) is 0.240. The van der Waals surface area contributed by atoms with Gasteiger partial charge in [-0.15, -0.1) is 11.3 Å². The molecular weight excluding hydrogens is 457 g/mol. The summed E-state index contributed by atoms with van der Waals surface area (Å²) in [4.78, 5) is 40.1. The molecule has 1 aromatic heterocycles. The minimum Gasteiger partial charge on any atom is -0.462 e. The minimum absolute atomic E-state index is 0.187. The van der Waals surface area contributed by atoms with E-state index in [9.17, 15) is 18.8 Å². The molecule has 2 amide bonds. The van der Waals surface area contributed by atoms with Gasteiger partial charge in [0.15, 0.2) is 0 Å². The van der Waals surface area contributed by atoms with Crippen molar-refractivity contribution < 1.29 is 23.5 Å². The van der Waals surface area contributed by atoms with Crippen LogP contribution in [0.25, 0.3) is 11.1 Å². The van der Waals surface area contributed by atoms with E-state index in [2.05, 4.69) is 5.32 Å². The molecule has 0 aliphatic carbocycles. The number of nitrogens with zero attached hydrogens (tertiary/aromatic N) is 1. The lowest BCUT2D eigenvalue weighted by Crippen LogP contribution is -2.39. The molecule has 0 saturated carbocycles. The zero-order chi connectivity index (χ0) is 24.8.